The van der Waals surface area contributed by atoms with Crippen molar-refractivity contribution in [2.45, 2.75) is 0 Å². The van der Waals surface area contributed by atoms with Crippen LogP contribution in [0.5, 0.6) is 0 Å². The van der Waals surface area contributed by atoms with E-state index in [0.717, 1.165) is 44.5 Å². The molecule has 0 saturated carbocycles. The number of benzene rings is 1. The molecule has 31 heavy (non-hydrogen) atoms. The van der Waals surface area contributed by atoms with E-state index in [1.165, 1.54) is 6.07 Å². The zero-order valence-electron chi connectivity index (χ0n) is 16.2. The molecule has 6 aromatic rings. The molecule has 6 nitrogen and oxygen atoms in total. The number of halogens is 1. The lowest BCUT2D eigenvalue weighted by Crippen LogP contribution is -1.85. The lowest BCUT2D eigenvalue weighted by molar-refractivity contribution is 0.631. The summed E-state index contributed by atoms with van der Waals surface area (Å²) in [6, 6.07) is 16.4. The van der Waals surface area contributed by atoms with Crippen molar-refractivity contribution in [3.05, 3.63) is 85.2 Å². The van der Waals surface area contributed by atoms with E-state index in [2.05, 4.69) is 30.1 Å². The predicted molar refractivity (Wildman–Crippen MR) is 118 cm³/mol. The van der Waals surface area contributed by atoms with Gasteiger partial charge in [-0.15, -0.1) is 0 Å². The highest BCUT2D eigenvalue weighted by atomic mass is 19.1. The number of rotatable bonds is 3. The van der Waals surface area contributed by atoms with E-state index in [1.54, 1.807) is 36.9 Å². The first-order valence-corrected chi connectivity index (χ1v) is 9.75. The summed E-state index contributed by atoms with van der Waals surface area (Å²) < 4.78 is 14.4. The van der Waals surface area contributed by atoms with Crippen LogP contribution in [0.15, 0.2) is 79.4 Å². The smallest absolute Gasteiger partial charge is 0.138 e. The highest BCUT2D eigenvalue weighted by molar-refractivity contribution is 6.00. The fourth-order valence-corrected chi connectivity index (χ4v) is 3.86. The third-order valence-corrected chi connectivity index (χ3v) is 5.36. The number of nitrogens with one attached hydrogen (secondary N) is 2. The summed E-state index contributed by atoms with van der Waals surface area (Å²) in [5.74, 6) is -0.268. The van der Waals surface area contributed by atoms with Gasteiger partial charge in [-0.05, 0) is 42.0 Å². The van der Waals surface area contributed by atoms with Crippen molar-refractivity contribution in [1.29, 1.82) is 0 Å². The van der Waals surface area contributed by atoms with Gasteiger partial charge in [0.1, 0.15) is 17.2 Å². The summed E-state index contributed by atoms with van der Waals surface area (Å²) in [6.07, 6.45) is 6.95. The van der Waals surface area contributed by atoms with Crippen molar-refractivity contribution in [3.8, 4) is 33.8 Å². The molecule has 0 radical (unpaired) electrons. The lowest BCUT2D eigenvalue weighted by Gasteiger charge is -2.04. The average Bonchev–Trinajstić information content (AvgIpc) is 3.43. The predicted octanol–water partition coefficient (Wildman–Crippen LogP) is 5.37. The van der Waals surface area contributed by atoms with Gasteiger partial charge in [0, 0.05) is 40.5 Å². The van der Waals surface area contributed by atoms with Gasteiger partial charge in [0.25, 0.3) is 0 Å². The summed E-state index contributed by atoms with van der Waals surface area (Å²) in [5, 5.41) is 9.30. The first kappa shape index (κ1) is 17.5. The van der Waals surface area contributed by atoms with Crippen molar-refractivity contribution in [1.82, 2.24) is 30.1 Å². The molecule has 0 fully saturated rings. The van der Waals surface area contributed by atoms with Gasteiger partial charge in [0.05, 0.1) is 23.1 Å². The molecule has 0 amide bonds. The second-order valence-electron chi connectivity index (χ2n) is 7.21. The number of nitrogens with zero attached hydrogens (tertiary/aromatic N) is 4. The van der Waals surface area contributed by atoms with E-state index in [1.807, 2.05) is 36.4 Å². The van der Waals surface area contributed by atoms with Crippen LogP contribution >= 0.6 is 0 Å². The number of H-pyrrole nitrogens is 2. The van der Waals surface area contributed by atoms with Gasteiger partial charge in [-0.2, -0.15) is 5.10 Å². The first-order chi connectivity index (χ1) is 15.3. The van der Waals surface area contributed by atoms with Crippen molar-refractivity contribution >= 4 is 21.9 Å². The first-order valence-electron chi connectivity index (χ1n) is 9.75. The van der Waals surface area contributed by atoms with Crippen molar-refractivity contribution < 1.29 is 4.39 Å². The van der Waals surface area contributed by atoms with Crippen LogP contribution in [-0.4, -0.2) is 30.1 Å². The molecule has 0 aliphatic heterocycles. The highest BCUT2D eigenvalue weighted by Crippen LogP contribution is 2.34. The van der Waals surface area contributed by atoms with Crippen molar-refractivity contribution in [3.63, 3.8) is 0 Å². The van der Waals surface area contributed by atoms with E-state index in [0.29, 0.717) is 11.2 Å². The number of pyridine rings is 3. The Morgan fingerprint density at radius 3 is 2.61 bits per heavy atom. The maximum absolute atomic E-state index is 14.4. The molecule has 0 unspecified atom stereocenters. The monoisotopic (exact) mass is 406 g/mol. The molecule has 0 saturated heterocycles. The summed E-state index contributed by atoms with van der Waals surface area (Å²) in [6.45, 7) is 0. The third-order valence-electron chi connectivity index (χ3n) is 5.36. The average molecular weight is 406 g/mol. The van der Waals surface area contributed by atoms with E-state index < -0.39 is 0 Å². The van der Waals surface area contributed by atoms with Gasteiger partial charge in [-0.3, -0.25) is 15.1 Å². The van der Waals surface area contributed by atoms with Crippen LogP contribution in [0.4, 0.5) is 4.39 Å². The minimum absolute atomic E-state index is 0.268. The molecule has 1 aromatic carbocycles. The minimum atomic E-state index is -0.268. The largest absolute Gasteiger partial charge is 0.338 e. The maximum Gasteiger partial charge on any atom is 0.138 e. The van der Waals surface area contributed by atoms with E-state index in [9.17, 15) is 4.39 Å². The Balaban J connectivity index is 1.53. The van der Waals surface area contributed by atoms with Crippen molar-refractivity contribution in [2.75, 3.05) is 0 Å². The van der Waals surface area contributed by atoms with Crippen LogP contribution in [0.25, 0.3) is 55.7 Å². The summed E-state index contributed by atoms with van der Waals surface area (Å²) in [7, 11) is 0. The highest BCUT2D eigenvalue weighted by Gasteiger charge is 2.16. The van der Waals surface area contributed by atoms with Crippen LogP contribution < -0.4 is 0 Å². The molecule has 5 aromatic heterocycles. The Morgan fingerprint density at radius 2 is 1.74 bits per heavy atom. The van der Waals surface area contributed by atoms with E-state index >= 15 is 0 Å². The standard InChI is InChI=1S/C24H15FN6/c25-19-6-2-1-5-16(19)15-7-9-27-24-17(15)10-21(29-24)23-18-11-20(14-4-3-8-26-12-14)28-13-22(18)30-31-23/h1-13H,(H,27,29)(H,30,31). The Labute approximate surface area is 175 Å². The van der Waals surface area contributed by atoms with Gasteiger partial charge in [-0.25, -0.2) is 9.37 Å². The fourth-order valence-electron chi connectivity index (χ4n) is 3.86. The second-order valence-corrected chi connectivity index (χ2v) is 7.21. The molecule has 6 rings (SSSR count). The molecule has 5 heterocycles. The fraction of sp³-hybridized carbons (Fsp3) is 0. The zero-order valence-corrected chi connectivity index (χ0v) is 16.2. The zero-order chi connectivity index (χ0) is 20.8. The molecule has 148 valence electrons. The van der Waals surface area contributed by atoms with Crippen molar-refractivity contribution in [2.24, 2.45) is 0 Å². The van der Waals surface area contributed by atoms with Gasteiger partial charge < -0.3 is 4.98 Å². The Bertz CT molecular complexity index is 1550. The molecule has 7 heteroatoms. The van der Waals surface area contributed by atoms with Gasteiger partial charge in [0.15, 0.2) is 0 Å². The van der Waals surface area contributed by atoms with Crippen LogP contribution in [0.3, 0.4) is 0 Å². The van der Waals surface area contributed by atoms with E-state index in [-0.39, 0.29) is 5.82 Å². The molecule has 0 aliphatic rings. The minimum Gasteiger partial charge on any atom is -0.338 e. The van der Waals surface area contributed by atoms with Crippen LogP contribution in [-0.2, 0) is 0 Å². The van der Waals surface area contributed by atoms with Crippen LogP contribution in [0.2, 0.25) is 0 Å². The molecular formula is C24H15FN6. The van der Waals surface area contributed by atoms with Gasteiger partial charge >= 0.3 is 0 Å². The maximum atomic E-state index is 14.4. The normalized spacial score (nSPS) is 11.4. The van der Waals surface area contributed by atoms with Gasteiger partial charge in [-0.1, -0.05) is 18.2 Å². The topological polar surface area (TPSA) is 83.1 Å². The van der Waals surface area contributed by atoms with Gasteiger partial charge in [0.2, 0.25) is 0 Å². The lowest BCUT2D eigenvalue weighted by atomic mass is 10.0. The molecule has 0 spiro atoms. The quantitative estimate of drug-likeness (QED) is 0.414. The third kappa shape index (κ3) is 2.86. The molecular weight excluding hydrogens is 391 g/mol. The number of aromatic nitrogens is 6. The Morgan fingerprint density at radius 1 is 0.806 bits per heavy atom. The molecule has 2 N–H and O–H groups in total. The SMILES string of the molecule is Fc1ccccc1-c1ccnc2[nH]c(-c3n[nH]c4cnc(-c5cccnc5)cc34)cc12. The Kier molecular flexibility index (Phi) is 3.86. The van der Waals surface area contributed by atoms with Crippen LogP contribution in [0.1, 0.15) is 0 Å². The van der Waals surface area contributed by atoms with E-state index in [4.69, 9.17) is 0 Å². The number of fused-ring (bicyclic) bond motifs is 2. The number of hydrogen-bond donors (Lipinski definition) is 2. The molecule has 0 bridgehead atoms. The summed E-state index contributed by atoms with van der Waals surface area (Å²) in [4.78, 5) is 16.5. The Hall–Kier alpha value is -4.39. The number of hydrogen-bond acceptors (Lipinski definition) is 4. The molecule has 0 aliphatic carbocycles. The second kappa shape index (κ2) is 6.84. The summed E-state index contributed by atoms with van der Waals surface area (Å²) in [5.41, 5.74) is 6.10. The summed E-state index contributed by atoms with van der Waals surface area (Å²) >= 11 is 0. The van der Waals surface area contributed by atoms with Crippen LogP contribution in [0, 0.1) is 5.82 Å². The molecule has 0 atom stereocenters. The number of aromatic amines is 2.